The summed E-state index contributed by atoms with van der Waals surface area (Å²) in [6, 6.07) is 11.2. The number of anilines is 2. The normalized spacial score (nSPS) is 10.4. The highest BCUT2D eigenvalue weighted by atomic mass is 79.9. The molecule has 2 rings (SSSR count). The first-order valence-corrected chi connectivity index (χ1v) is 7.67. The lowest BCUT2D eigenvalue weighted by Crippen LogP contribution is -2.02. The summed E-state index contributed by atoms with van der Waals surface area (Å²) in [5.41, 5.74) is 3.88. The highest BCUT2D eigenvalue weighted by Crippen LogP contribution is 2.33. The predicted molar refractivity (Wildman–Crippen MR) is 89.3 cm³/mol. The van der Waals surface area contributed by atoms with E-state index in [9.17, 15) is 10.1 Å². The average Bonchev–Trinajstić information content (AvgIpc) is 2.48. The first kappa shape index (κ1) is 15.5. The Kier molecular flexibility index (Phi) is 4.96. The number of halogens is 1. The van der Waals surface area contributed by atoms with Gasteiger partial charge in [-0.1, -0.05) is 48.0 Å². The van der Waals surface area contributed by atoms with Crippen molar-refractivity contribution in [2.75, 3.05) is 5.32 Å². The molecule has 0 unspecified atom stereocenters. The maximum Gasteiger partial charge on any atom is 0.293 e. The molecule has 0 saturated heterocycles. The van der Waals surface area contributed by atoms with Gasteiger partial charge in [0, 0.05) is 16.2 Å². The maximum absolute atomic E-state index is 11.2. The Morgan fingerprint density at radius 1 is 1.14 bits per heavy atom. The zero-order chi connectivity index (χ0) is 15.4. The van der Waals surface area contributed by atoms with Gasteiger partial charge >= 0.3 is 0 Å². The molecule has 2 aromatic carbocycles. The molecule has 110 valence electrons. The number of hydrogen-bond acceptors (Lipinski definition) is 3. The summed E-state index contributed by atoms with van der Waals surface area (Å²) < 4.78 is 0.694. The molecule has 5 heteroatoms. The van der Waals surface area contributed by atoms with Crippen LogP contribution in [0.25, 0.3) is 0 Å². The van der Waals surface area contributed by atoms with E-state index >= 15 is 0 Å². The van der Waals surface area contributed by atoms with Crippen LogP contribution in [0.2, 0.25) is 0 Å². The number of nitro groups is 1. The summed E-state index contributed by atoms with van der Waals surface area (Å²) in [4.78, 5) is 10.9. The largest absolute Gasteiger partial charge is 0.349 e. The minimum atomic E-state index is -0.368. The Morgan fingerprint density at radius 3 is 2.29 bits per heavy atom. The second-order valence-corrected chi connectivity index (χ2v) is 5.62. The van der Waals surface area contributed by atoms with Crippen molar-refractivity contribution in [2.45, 2.75) is 26.7 Å². The SMILES string of the molecule is CCc1cccc(CC)c1Nc1ccc(Br)cc1[N+](=O)[O-]. The van der Waals surface area contributed by atoms with Gasteiger partial charge in [0.1, 0.15) is 5.69 Å². The van der Waals surface area contributed by atoms with E-state index in [1.807, 2.05) is 18.2 Å². The van der Waals surface area contributed by atoms with E-state index in [2.05, 4.69) is 35.1 Å². The van der Waals surface area contributed by atoms with Gasteiger partial charge in [0.2, 0.25) is 0 Å². The molecule has 0 fully saturated rings. The molecule has 0 aliphatic rings. The van der Waals surface area contributed by atoms with Crippen molar-refractivity contribution in [3.05, 3.63) is 62.1 Å². The number of nitro benzene ring substituents is 1. The average molecular weight is 349 g/mol. The Morgan fingerprint density at radius 2 is 1.76 bits per heavy atom. The summed E-state index contributed by atoms with van der Waals surface area (Å²) in [5, 5.41) is 14.5. The van der Waals surface area contributed by atoms with E-state index in [1.165, 1.54) is 6.07 Å². The molecule has 0 amide bonds. The summed E-state index contributed by atoms with van der Waals surface area (Å²) >= 11 is 3.27. The molecular formula is C16H17BrN2O2. The Hall–Kier alpha value is -1.88. The van der Waals surface area contributed by atoms with Crippen molar-refractivity contribution >= 4 is 33.0 Å². The standard InChI is InChI=1S/C16H17BrN2O2/c1-3-11-6-5-7-12(4-2)16(11)18-14-9-8-13(17)10-15(14)19(20)21/h5-10,18H,3-4H2,1-2H3. The Labute approximate surface area is 132 Å². The first-order valence-electron chi connectivity index (χ1n) is 6.88. The molecule has 0 saturated carbocycles. The van der Waals surface area contributed by atoms with Crippen LogP contribution >= 0.6 is 15.9 Å². The van der Waals surface area contributed by atoms with Crippen LogP contribution in [0.1, 0.15) is 25.0 Å². The number of aryl methyl sites for hydroxylation is 2. The van der Waals surface area contributed by atoms with Crippen LogP contribution in [0.5, 0.6) is 0 Å². The molecule has 4 nitrogen and oxygen atoms in total. The summed E-state index contributed by atoms with van der Waals surface area (Å²) in [7, 11) is 0. The molecule has 0 radical (unpaired) electrons. The molecule has 0 bridgehead atoms. The minimum Gasteiger partial charge on any atom is -0.349 e. The van der Waals surface area contributed by atoms with Gasteiger partial charge in [0.25, 0.3) is 5.69 Å². The van der Waals surface area contributed by atoms with Gasteiger partial charge in [-0.15, -0.1) is 0 Å². The third kappa shape index (κ3) is 3.42. The van der Waals surface area contributed by atoms with Crippen LogP contribution in [0, 0.1) is 10.1 Å². The number of benzene rings is 2. The van der Waals surface area contributed by atoms with Crippen molar-refractivity contribution in [1.29, 1.82) is 0 Å². The molecule has 2 aromatic rings. The minimum absolute atomic E-state index is 0.0670. The van der Waals surface area contributed by atoms with E-state index in [1.54, 1.807) is 12.1 Å². The highest BCUT2D eigenvalue weighted by molar-refractivity contribution is 9.10. The van der Waals surface area contributed by atoms with Gasteiger partial charge in [0.15, 0.2) is 0 Å². The quantitative estimate of drug-likeness (QED) is 0.594. The van der Waals surface area contributed by atoms with Gasteiger partial charge in [0.05, 0.1) is 4.92 Å². The predicted octanol–water partition coefficient (Wildman–Crippen LogP) is 5.23. The second-order valence-electron chi connectivity index (χ2n) is 4.70. The molecule has 21 heavy (non-hydrogen) atoms. The van der Waals surface area contributed by atoms with E-state index in [4.69, 9.17) is 0 Å². The fourth-order valence-corrected chi connectivity index (χ4v) is 2.65. The number of nitrogens with one attached hydrogen (secondary N) is 1. The maximum atomic E-state index is 11.2. The molecule has 0 heterocycles. The highest BCUT2D eigenvalue weighted by Gasteiger charge is 2.16. The van der Waals surface area contributed by atoms with Crippen LogP contribution in [0.15, 0.2) is 40.9 Å². The van der Waals surface area contributed by atoms with Crippen molar-refractivity contribution in [3.8, 4) is 0 Å². The lowest BCUT2D eigenvalue weighted by atomic mass is 10.0. The monoisotopic (exact) mass is 348 g/mol. The topological polar surface area (TPSA) is 55.2 Å². The fourth-order valence-electron chi connectivity index (χ4n) is 2.30. The van der Waals surface area contributed by atoms with E-state index in [-0.39, 0.29) is 10.6 Å². The van der Waals surface area contributed by atoms with Gasteiger partial charge in [-0.05, 0) is 36.1 Å². The van der Waals surface area contributed by atoms with Crippen LogP contribution < -0.4 is 5.32 Å². The first-order chi connectivity index (χ1) is 10.1. The smallest absolute Gasteiger partial charge is 0.293 e. The third-order valence-corrected chi connectivity index (χ3v) is 3.91. The van der Waals surface area contributed by atoms with Crippen molar-refractivity contribution in [3.63, 3.8) is 0 Å². The lowest BCUT2D eigenvalue weighted by Gasteiger charge is -2.15. The van der Waals surface area contributed by atoms with E-state index < -0.39 is 0 Å². The molecule has 0 spiro atoms. The number of rotatable bonds is 5. The molecule has 0 aliphatic carbocycles. The Balaban J connectivity index is 2.50. The van der Waals surface area contributed by atoms with Gasteiger partial charge in [-0.25, -0.2) is 0 Å². The van der Waals surface area contributed by atoms with Crippen molar-refractivity contribution < 1.29 is 4.92 Å². The zero-order valence-corrected chi connectivity index (χ0v) is 13.6. The van der Waals surface area contributed by atoms with Gasteiger partial charge < -0.3 is 5.32 Å². The van der Waals surface area contributed by atoms with E-state index in [0.717, 1.165) is 29.7 Å². The molecule has 0 aromatic heterocycles. The zero-order valence-electron chi connectivity index (χ0n) is 12.0. The lowest BCUT2D eigenvalue weighted by molar-refractivity contribution is -0.384. The van der Waals surface area contributed by atoms with Crippen LogP contribution in [-0.2, 0) is 12.8 Å². The number of hydrogen-bond donors (Lipinski definition) is 1. The van der Waals surface area contributed by atoms with Crippen LogP contribution in [0.4, 0.5) is 17.1 Å². The summed E-state index contributed by atoms with van der Waals surface area (Å²) in [6.07, 6.45) is 1.75. The third-order valence-electron chi connectivity index (χ3n) is 3.41. The number of para-hydroxylation sites is 1. The summed E-state index contributed by atoms with van der Waals surface area (Å²) in [6.45, 7) is 4.16. The number of nitrogens with zero attached hydrogens (tertiary/aromatic N) is 1. The molecule has 0 aliphatic heterocycles. The van der Waals surface area contributed by atoms with Gasteiger partial charge in [-0.2, -0.15) is 0 Å². The van der Waals surface area contributed by atoms with E-state index in [0.29, 0.717) is 10.2 Å². The second kappa shape index (κ2) is 6.72. The molecular weight excluding hydrogens is 332 g/mol. The summed E-state index contributed by atoms with van der Waals surface area (Å²) in [5.74, 6) is 0. The van der Waals surface area contributed by atoms with Crippen molar-refractivity contribution in [1.82, 2.24) is 0 Å². The van der Waals surface area contributed by atoms with Gasteiger partial charge in [-0.3, -0.25) is 10.1 Å². The fraction of sp³-hybridized carbons (Fsp3) is 0.250. The van der Waals surface area contributed by atoms with Crippen LogP contribution in [0.3, 0.4) is 0 Å². The Bertz CT molecular complexity index is 649. The molecule has 0 atom stereocenters. The van der Waals surface area contributed by atoms with Crippen LogP contribution in [-0.4, -0.2) is 4.92 Å². The molecule has 1 N–H and O–H groups in total. The van der Waals surface area contributed by atoms with Crippen molar-refractivity contribution in [2.24, 2.45) is 0 Å².